The molecule has 1 aromatic carbocycles. The van der Waals surface area contributed by atoms with Crippen LogP contribution in [-0.2, 0) is 4.74 Å². The summed E-state index contributed by atoms with van der Waals surface area (Å²) >= 11 is 5.70. The van der Waals surface area contributed by atoms with E-state index in [0.717, 1.165) is 0 Å². The van der Waals surface area contributed by atoms with Gasteiger partial charge in [-0.25, -0.2) is 9.18 Å². The number of nitrogens with one attached hydrogen (secondary N) is 1. The molecule has 0 saturated carbocycles. The molecule has 100 valence electrons. The average molecular weight is 276 g/mol. The lowest BCUT2D eigenvalue weighted by Crippen LogP contribution is -2.27. The van der Waals surface area contributed by atoms with Crippen molar-refractivity contribution in [2.45, 2.75) is 33.3 Å². The monoisotopic (exact) mass is 275 g/mol. The molecule has 0 saturated heterocycles. The van der Waals surface area contributed by atoms with Gasteiger partial charge in [-0.2, -0.15) is 0 Å². The van der Waals surface area contributed by atoms with Gasteiger partial charge in [-0.05, 0) is 39.3 Å². The van der Waals surface area contributed by atoms with Gasteiger partial charge in [0.2, 0.25) is 0 Å². The molecule has 0 aliphatic rings. The third-order valence-corrected chi connectivity index (χ3v) is 2.29. The van der Waals surface area contributed by atoms with Crippen molar-refractivity contribution in [3.8, 4) is 5.75 Å². The molecule has 0 aromatic heterocycles. The zero-order chi connectivity index (χ0) is 14.1. The molecule has 6 heteroatoms. The van der Waals surface area contributed by atoms with Crippen molar-refractivity contribution >= 4 is 23.4 Å². The van der Waals surface area contributed by atoms with E-state index >= 15 is 0 Å². The van der Waals surface area contributed by atoms with Crippen molar-refractivity contribution in [1.29, 1.82) is 0 Å². The highest BCUT2D eigenvalue weighted by Gasteiger charge is 2.21. The predicted octanol–water partition coefficient (Wildman–Crippen LogP) is 3.84. The number of anilines is 1. The third kappa shape index (κ3) is 3.50. The normalized spacial score (nSPS) is 11.2. The molecular formula is C12H15ClFNO3. The van der Waals surface area contributed by atoms with Crippen LogP contribution in [0.2, 0.25) is 5.02 Å². The van der Waals surface area contributed by atoms with Gasteiger partial charge in [0.25, 0.3) is 0 Å². The third-order valence-electron chi connectivity index (χ3n) is 2.00. The number of hydrogen-bond donors (Lipinski definition) is 2. The lowest BCUT2D eigenvalue weighted by molar-refractivity contribution is 0.0634. The zero-order valence-electron chi connectivity index (χ0n) is 10.6. The first-order chi connectivity index (χ1) is 8.11. The number of hydrogen-bond acceptors (Lipinski definition) is 3. The Bertz CT molecular complexity index is 457. The van der Waals surface area contributed by atoms with E-state index in [1.54, 1.807) is 20.8 Å². The number of carbonyl (C=O) groups excluding carboxylic acids is 1. The molecule has 0 unspecified atom stereocenters. The van der Waals surface area contributed by atoms with Crippen LogP contribution in [0.1, 0.15) is 26.3 Å². The minimum Gasteiger partial charge on any atom is -0.504 e. The van der Waals surface area contributed by atoms with Crippen LogP contribution in [-0.4, -0.2) is 16.8 Å². The smallest absolute Gasteiger partial charge is 0.412 e. The SMILES string of the molecule is Cc1cc(Cl)c(O)c(NC(=O)OC(C)(C)C)c1F. The highest BCUT2D eigenvalue weighted by atomic mass is 35.5. The lowest BCUT2D eigenvalue weighted by atomic mass is 10.2. The molecule has 0 aliphatic heterocycles. The number of rotatable bonds is 1. The van der Waals surface area contributed by atoms with E-state index in [0.29, 0.717) is 0 Å². The molecule has 0 bridgehead atoms. The minimum absolute atomic E-state index is 0.0417. The van der Waals surface area contributed by atoms with E-state index in [1.807, 2.05) is 0 Å². The fraction of sp³-hybridized carbons (Fsp3) is 0.417. The molecule has 2 N–H and O–H groups in total. The molecule has 0 fully saturated rings. The Hall–Kier alpha value is -1.49. The Morgan fingerprint density at radius 2 is 2.06 bits per heavy atom. The van der Waals surface area contributed by atoms with Crippen molar-refractivity contribution in [3.63, 3.8) is 0 Å². The second kappa shape index (κ2) is 5.02. The first kappa shape index (κ1) is 14.6. The molecule has 18 heavy (non-hydrogen) atoms. The van der Waals surface area contributed by atoms with Gasteiger partial charge >= 0.3 is 6.09 Å². The molecule has 1 rings (SSSR count). The Morgan fingerprint density at radius 3 is 2.56 bits per heavy atom. The van der Waals surface area contributed by atoms with Crippen molar-refractivity contribution in [3.05, 3.63) is 22.5 Å². The summed E-state index contributed by atoms with van der Waals surface area (Å²) in [5.41, 5.74) is -0.887. The number of benzene rings is 1. The standard InChI is InChI=1S/C12H15ClFNO3/c1-6-5-7(13)10(16)9(8(6)14)15-11(17)18-12(2,3)4/h5,16H,1-4H3,(H,15,17). The number of phenolic OH excluding ortho intramolecular Hbond substituents is 1. The number of aryl methyl sites for hydroxylation is 1. The van der Waals surface area contributed by atoms with Crippen LogP contribution in [0.5, 0.6) is 5.75 Å². The molecule has 0 atom stereocenters. The topological polar surface area (TPSA) is 58.6 Å². The van der Waals surface area contributed by atoms with Crippen LogP contribution in [0.25, 0.3) is 0 Å². The lowest BCUT2D eigenvalue weighted by Gasteiger charge is -2.20. The summed E-state index contributed by atoms with van der Waals surface area (Å²) in [4.78, 5) is 11.5. The van der Waals surface area contributed by atoms with Crippen LogP contribution in [0.3, 0.4) is 0 Å². The van der Waals surface area contributed by atoms with Gasteiger partial charge in [0.1, 0.15) is 11.3 Å². The van der Waals surface area contributed by atoms with E-state index < -0.39 is 23.3 Å². The van der Waals surface area contributed by atoms with Crippen molar-refractivity contribution in [2.75, 3.05) is 5.32 Å². The molecular weight excluding hydrogens is 261 g/mol. The molecule has 4 nitrogen and oxygen atoms in total. The highest BCUT2D eigenvalue weighted by molar-refractivity contribution is 6.32. The van der Waals surface area contributed by atoms with Gasteiger partial charge in [0.05, 0.1) is 5.02 Å². The first-order valence-electron chi connectivity index (χ1n) is 5.29. The summed E-state index contributed by atoms with van der Waals surface area (Å²) < 4.78 is 18.7. The maximum absolute atomic E-state index is 13.7. The molecule has 0 aliphatic carbocycles. The predicted molar refractivity (Wildman–Crippen MR) is 67.7 cm³/mol. The van der Waals surface area contributed by atoms with Crippen LogP contribution in [0, 0.1) is 12.7 Å². The first-order valence-corrected chi connectivity index (χ1v) is 5.67. The number of carbonyl (C=O) groups is 1. The quantitative estimate of drug-likeness (QED) is 0.766. The highest BCUT2D eigenvalue weighted by Crippen LogP contribution is 2.36. The summed E-state index contributed by atoms with van der Waals surface area (Å²) in [5.74, 6) is -1.27. The summed E-state index contributed by atoms with van der Waals surface area (Å²) in [6, 6.07) is 1.27. The second-order valence-electron chi connectivity index (χ2n) is 4.84. The van der Waals surface area contributed by atoms with Gasteiger partial charge in [-0.1, -0.05) is 11.6 Å². The van der Waals surface area contributed by atoms with Gasteiger partial charge < -0.3 is 9.84 Å². The maximum atomic E-state index is 13.7. The van der Waals surface area contributed by atoms with Crippen LogP contribution < -0.4 is 5.32 Å². The van der Waals surface area contributed by atoms with E-state index in [2.05, 4.69) is 5.32 Å². The van der Waals surface area contributed by atoms with Crippen LogP contribution in [0.4, 0.5) is 14.9 Å². The molecule has 0 spiro atoms. The summed E-state index contributed by atoms with van der Waals surface area (Å²) in [7, 11) is 0. The van der Waals surface area contributed by atoms with E-state index in [1.165, 1.54) is 13.0 Å². The van der Waals surface area contributed by atoms with Gasteiger partial charge in [-0.15, -0.1) is 0 Å². The van der Waals surface area contributed by atoms with Gasteiger partial charge in [0, 0.05) is 0 Å². The van der Waals surface area contributed by atoms with Crippen LogP contribution >= 0.6 is 11.6 Å². The molecule has 0 heterocycles. The van der Waals surface area contributed by atoms with Gasteiger partial charge in [0.15, 0.2) is 11.6 Å². The van der Waals surface area contributed by atoms with E-state index in [-0.39, 0.29) is 16.3 Å². The van der Waals surface area contributed by atoms with E-state index in [4.69, 9.17) is 16.3 Å². The minimum atomic E-state index is -0.863. The zero-order valence-corrected chi connectivity index (χ0v) is 11.4. The van der Waals surface area contributed by atoms with Crippen molar-refractivity contribution in [1.82, 2.24) is 0 Å². The Morgan fingerprint density at radius 1 is 1.50 bits per heavy atom. The second-order valence-corrected chi connectivity index (χ2v) is 5.25. The van der Waals surface area contributed by atoms with E-state index in [9.17, 15) is 14.3 Å². The summed E-state index contributed by atoms with van der Waals surface area (Å²) in [5, 5.41) is 11.7. The Labute approximate surface area is 110 Å². The Balaban J connectivity index is 3.01. The number of aromatic hydroxyl groups is 1. The van der Waals surface area contributed by atoms with Crippen LogP contribution in [0.15, 0.2) is 6.07 Å². The number of ether oxygens (including phenoxy) is 1. The molecule has 0 radical (unpaired) electrons. The van der Waals surface area contributed by atoms with Crippen molar-refractivity contribution in [2.24, 2.45) is 0 Å². The number of halogens is 2. The summed E-state index contributed by atoms with van der Waals surface area (Å²) in [6.07, 6.45) is -0.863. The van der Waals surface area contributed by atoms with Crippen molar-refractivity contribution < 1.29 is 19.0 Å². The Kier molecular flexibility index (Phi) is 4.06. The fourth-order valence-electron chi connectivity index (χ4n) is 1.26. The molecule has 1 amide bonds. The number of amides is 1. The fourth-order valence-corrected chi connectivity index (χ4v) is 1.52. The molecule has 1 aromatic rings. The average Bonchev–Trinajstić information content (AvgIpc) is 2.19. The summed E-state index contributed by atoms with van der Waals surface area (Å²) in [6.45, 7) is 6.49. The maximum Gasteiger partial charge on any atom is 0.412 e. The largest absolute Gasteiger partial charge is 0.504 e. The van der Waals surface area contributed by atoms with Gasteiger partial charge in [-0.3, -0.25) is 5.32 Å². The number of phenols is 1.